The van der Waals surface area contributed by atoms with E-state index in [1.807, 2.05) is 0 Å². The molecule has 0 saturated carbocycles. The van der Waals surface area contributed by atoms with Gasteiger partial charge in [-0.1, -0.05) is 56.3 Å². The first-order valence-corrected chi connectivity index (χ1v) is 8.25. The second-order valence-electron chi connectivity index (χ2n) is 6.62. The topological polar surface area (TPSA) is 4.93 Å². The van der Waals surface area contributed by atoms with Crippen molar-refractivity contribution in [1.82, 2.24) is 4.57 Å². The van der Waals surface area contributed by atoms with Gasteiger partial charge in [0.2, 0.25) is 0 Å². The second kappa shape index (κ2) is 5.27. The number of aromatic nitrogens is 1. The fourth-order valence-corrected chi connectivity index (χ4v) is 3.36. The van der Waals surface area contributed by atoms with E-state index in [-0.39, 0.29) is 0 Å². The number of hydrogen-bond acceptors (Lipinski definition) is 0. The summed E-state index contributed by atoms with van der Waals surface area (Å²) in [4.78, 5) is 0. The van der Waals surface area contributed by atoms with Crippen molar-refractivity contribution >= 4 is 21.8 Å². The van der Waals surface area contributed by atoms with E-state index in [1.54, 1.807) is 0 Å². The molecule has 23 heavy (non-hydrogen) atoms. The maximum Gasteiger partial charge on any atom is 0.0543 e. The number of hydrogen-bond donors (Lipinski definition) is 0. The highest BCUT2D eigenvalue weighted by Gasteiger charge is 2.13. The average Bonchev–Trinajstić information content (AvgIpc) is 2.88. The largest absolute Gasteiger partial charge is 0.309 e. The van der Waals surface area contributed by atoms with Crippen molar-refractivity contribution in [2.45, 2.75) is 26.7 Å². The molecule has 4 aromatic rings. The molecule has 0 fully saturated rings. The van der Waals surface area contributed by atoms with Crippen LogP contribution in [-0.2, 0) is 0 Å². The lowest BCUT2D eigenvalue weighted by Gasteiger charge is -2.10. The van der Waals surface area contributed by atoms with Gasteiger partial charge in [0.15, 0.2) is 0 Å². The number of benzene rings is 3. The van der Waals surface area contributed by atoms with E-state index in [4.69, 9.17) is 0 Å². The third-order valence-corrected chi connectivity index (χ3v) is 4.63. The Bertz CT molecular complexity index is 991. The van der Waals surface area contributed by atoms with Crippen molar-refractivity contribution in [3.63, 3.8) is 0 Å². The zero-order chi connectivity index (χ0) is 16.0. The summed E-state index contributed by atoms with van der Waals surface area (Å²) in [5, 5.41) is 2.65. The van der Waals surface area contributed by atoms with Gasteiger partial charge in [0.25, 0.3) is 0 Å². The van der Waals surface area contributed by atoms with Gasteiger partial charge in [-0.05, 0) is 48.2 Å². The van der Waals surface area contributed by atoms with Crippen LogP contribution >= 0.6 is 0 Å². The highest BCUT2D eigenvalue weighted by molar-refractivity contribution is 6.09. The molecule has 0 unspecified atom stereocenters. The molecule has 0 atom stereocenters. The van der Waals surface area contributed by atoms with E-state index in [0.29, 0.717) is 5.92 Å². The molecule has 0 bridgehead atoms. The van der Waals surface area contributed by atoms with Crippen LogP contribution in [0.3, 0.4) is 0 Å². The third-order valence-electron chi connectivity index (χ3n) is 4.63. The van der Waals surface area contributed by atoms with Crippen LogP contribution in [0.1, 0.15) is 30.9 Å². The Morgan fingerprint density at radius 3 is 2.09 bits per heavy atom. The number of fused-ring (bicyclic) bond motifs is 3. The van der Waals surface area contributed by atoms with E-state index in [9.17, 15) is 0 Å². The molecule has 1 aromatic heterocycles. The summed E-state index contributed by atoms with van der Waals surface area (Å²) in [7, 11) is 0. The molecule has 4 rings (SSSR count). The van der Waals surface area contributed by atoms with Gasteiger partial charge in [0.1, 0.15) is 0 Å². The van der Waals surface area contributed by atoms with Crippen LogP contribution in [-0.4, -0.2) is 4.57 Å². The maximum atomic E-state index is 2.39. The molecule has 0 amide bonds. The first-order chi connectivity index (χ1) is 11.1. The van der Waals surface area contributed by atoms with Crippen molar-refractivity contribution in [1.29, 1.82) is 0 Å². The number of rotatable bonds is 2. The van der Waals surface area contributed by atoms with Crippen LogP contribution in [0.2, 0.25) is 0 Å². The Labute approximate surface area is 137 Å². The lowest BCUT2D eigenvalue weighted by molar-refractivity contribution is 0.868. The molecule has 0 aliphatic carbocycles. The van der Waals surface area contributed by atoms with Crippen LogP contribution in [0.15, 0.2) is 66.7 Å². The van der Waals surface area contributed by atoms with Crippen molar-refractivity contribution in [3.05, 3.63) is 77.9 Å². The second-order valence-corrected chi connectivity index (χ2v) is 6.62. The Balaban J connectivity index is 2.17. The minimum atomic E-state index is 0.531. The zero-order valence-corrected chi connectivity index (χ0v) is 13.9. The van der Waals surface area contributed by atoms with Crippen molar-refractivity contribution in [2.24, 2.45) is 0 Å². The number of nitrogens with zero attached hydrogens (tertiary/aromatic N) is 1. The van der Waals surface area contributed by atoms with Gasteiger partial charge in [-0.15, -0.1) is 0 Å². The van der Waals surface area contributed by atoms with Gasteiger partial charge < -0.3 is 4.57 Å². The summed E-state index contributed by atoms with van der Waals surface area (Å²) >= 11 is 0. The molecule has 1 nitrogen and oxygen atoms in total. The first kappa shape index (κ1) is 14.1. The molecule has 3 aromatic carbocycles. The van der Waals surface area contributed by atoms with Crippen LogP contribution in [0.4, 0.5) is 0 Å². The molecule has 1 heteroatoms. The molecule has 0 aliphatic rings. The van der Waals surface area contributed by atoms with Crippen LogP contribution < -0.4 is 0 Å². The van der Waals surface area contributed by atoms with E-state index in [2.05, 4.69) is 92.1 Å². The van der Waals surface area contributed by atoms with Gasteiger partial charge >= 0.3 is 0 Å². The van der Waals surface area contributed by atoms with E-state index < -0.39 is 0 Å². The maximum absolute atomic E-state index is 2.39. The van der Waals surface area contributed by atoms with Gasteiger partial charge in [0, 0.05) is 16.5 Å². The van der Waals surface area contributed by atoms with Gasteiger partial charge in [0.05, 0.1) is 11.0 Å². The minimum Gasteiger partial charge on any atom is -0.309 e. The zero-order valence-electron chi connectivity index (χ0n) is 13.9. The minimum absolute atomic E-state index is 0.531. The van der Waals surface area contributed by atoms with E-state index in [1.165, 1.54) is 38.6 Å². The predicted molar refractivity (Wildman–Crippen MR) is 99.6 cm³/mol. The van der Waals surface area contributed by atoms with Gasteiger partial charge in [-0.3, -0.25) is 0 Å². The van der Waals surface area contributed by atoms with E-state index in [0.717, 1.165) is 0 Å². The van der Waals surface area contributed by atoms with Crippen LogP contribution in [0.5, 0.6) is 0 Å². The lowest BCUT2D eigenvalue weighted by atomic mass is 10.0. The quantitative estimate of drug-likeness (QED) is 0.414. The summed E-state index contributed by atoms with van der Waals surface area (Å²) in [5.41, 5.74) is 6.48. The Kier molecular flexibility index (Phi) is 3.23. The molecule has 114 valence electrons. The summed E-state index contributed by atoms with van der Waals surface area (Å²) < 4.78 is 2.39. The Hall–Kier alpha value is -2.54. The molecule has 0 aliphatic heterocycles. The van der Waals surface area contributed by atoms with Gasteiger partial charge in [-0.2, -0.15) is 0 Å². The van der Waals surface area contributed by atoms with Crippen molar-refractivity contribution in [2.75, 3.05) is 0 Å². The smallest absolute Gasteiger partial charge is 0.0543 e. The molecule has 0 N–H and O–H groups in total. The summed E-state index contributed by atoms with van der Waals surface area (Å²) in [6.07, 6.45) is 0. The van der Waals surface area contributed by atoms with Crippen LogP contribution in [0, 0.1) is 6.92 Å². The van der Waals surface area contributed by atoms with Crippen molar-refractivity contribution < 1.29 is 0 Å². The number of aryl methyl sites for hydroxylation is 1. The Morgan fingerprint density at radius 1 is 0.739 bits per heavy atom. The molecular formula is C22H21N. The normalized spacial score (nSPS) is 11.7. The van der Waals surface area contributed by atoms with Crippen LogP contribution in [0.25, 0.3) is 27.5 Å². The molecule has 1 heterocycles. The first-order valence-electron chi connectivity index (χ1n) is 8.25. The summed E-state index contributed by atoms with van der Waals surface area (Å²) in [6.45, 7) is 6.66. The molecular weight excluding hydrogens is 278 g/mol. The third kappa shape index (κ3) is 2.24. The predicted octanol–water partition coefficient (Wildman–Crippen LogP) is 6.22. The highest BCUT2D eigenvalue weighted by atomic mass is 15.0. The molecule has 0 spiro atoms. The lowest BCUT2D eigenvalue weighted by Crippen LogP contribution is -1.94. The number of para-hydroxylation sites is 1. The van der Waals surface area contributed by atoms with Gasteiger partial charge in [-0.25, -0.2) is 0 Å². The average molecular weight is 299 g/mol. The fraction of sp³-hybridized carbons (Fsp3) is 0.182. The SMILES string of the molecule is Cc1ccc2c3ccc(C(C)C)cc3n(-c3ccccc3)c2c1. The molecule has 0 saturated heterocycles. The standard InChI is InChI=1S/C22H21N/c1-15(2)17-10-12-20-19-11-9-16(3)13-21(19)23(22(20)14-17)18-7-5-4-6-8-18/h4-15H,1-3H3. The Morgan fingerprint density at radius 2 is 1.39 bits per heavy atom. The van der Waals surface area contributed by atoms with Crippen molar-refractivity contribution in [3.8, 4) is 5.69 Å². The fourth-order valence-electron chi connectivity index (χ4n) is 3.36. The summed E-state index contributed by atoms with van der Waals surface area (Å²) in [6, 6.07) is 24.3. The van der Waals surface area contributed by atoms with E-state index >= 15 is 0 Å². The summed E-state index contributed by atoms with van der Waals surface area (Å²) in [5.74, 6) is 0.531. The molecule has 0 radical (unpaired) electrons. The highest BCUT2D eigenvalue weighted by Crippen LogP contribution is 2.34. The monoisotopic (exact) mass is 299 g/mol.